The summed E-state index contributed by atoms with van der Waals surface area (Å²) in [7, 11) is 0. The van der Waals surface area contributed by atoms with Crippen LogP contribution in [0, 0.1) is 5.92 Å². The van der Waals surface area contributed by atoms with Crippen LogP contribution in [0.4, 0.5) is 5.69 Å². The van der Waals surface area contributed by atoms with Crippen LogP contribution in [0.1, 0.15) is 13.3 Å². The van der Waals surface area contributed by atoms with Crippen molar-refractivity contribution in [3.8, 4) is 0 Å². The quantitative estimate of drug-likeness (QED) is 0.875. The van der Waals surface area contributed by atoms with Crippen molar-refractivity contribution in [3.05, 3.63) is 28.7 Å². The summed E-state index contributed by atoms with van der Waals surface area (Å²) in [6.07, 6.45) is 0.919. The van der Waals surface area contributed by atoms with Crippen LogP contribution in [-0.2, 0) is 4.79 Å². The largest absolute Gasteiger partial charge is 0.326 e. The first-order valence-electron chi connectivity index (χ1n) is 5.45. The van der Waals surface area contributed by atoms with E-state index in [1.807, 2.05) is 24.3 Å². The summed E-state index contributed by atoms with van der Waals surface area (Å²) in [6.45, 7) is 2.89. The van der Waals surface area contributed by atoms with Gasteiger partial charge in [0.25, 0.3) is 0 Å². The Labute approximate surface area is 104 Å². The van der Waals surface area contributed by atoms with E-state index in [0.717, 1.165) is 23.1 Å². The average Bonchev–Trinajstić information content (AvgIpc) is 2.68. The number of carbonyl (C=O) groups is 1. The van der Waals surface area contributed by atoms with Gasteiger partial charge in [-0.1, -0.05) is 15.9 Å². The molecular formula is C12H15BrN2O. The smallest absolute Gasteiger partial charge is 0.228 e. The first kappa shape index (κ1) is 11.6. The van der Waals surface area contributed by atoms with Crippen LogP contribution in [0.5, 0.6) is 0 Å². The lowest BCUT2D eigenvalue weighted by atomic mass is 10.1. The van der Waals surface area contributed by atoms with Crippen molar-refractivity contribution < 1.29 is 4.79 Å². The van der Waals surface area contributed by atoms with Crippen LogP contribution in [0.3, 0.4) is 0 Å². The van der Waals surface area contributed by atoms with Gasteiger partial charge in [0.05, 0.1) is 5.92 Å². The van der Waals surface area contributed by atoms with Crippen LogP contribution in [0.25, 0.3) is 0 Å². The van der Waals surface area contributed by atoms with Crippen LogP contribution < -0.4 is 10.6 Å². The Morgan fingerprint density at radius 3 is 2.69 bits per heavy atom. The molecule has 16 heavy (non-hydrogen) atoms. The van der Waals surface area contributed by atoms with Crippen LogP contribution in [0.15, 0.2) is 28.7 Å². The molecule has 0 aromatic heterocycles. The molecule has 1 amide bonds. The lowest BCUT2D eigenvalue weighted by molar-refractivity contribution is -0.119. The van der Waals surface area contributed by atoms with Gasteiger partial charge in [-0.15, -0.1) is 0 Å². The Morgan fingerprint density at radius 2 is 2.12 bits per heavy atom. The molecule has 1 aromatic carbocycles. The summed E-state index contributed by atoms with van der Waals surface area (Å²) < 4.78 is 1.02. The average molecular weight is 283 g/mol. The maximum Gasteiger partial charge on any atom is 0.228 e. The standard InChI is InChI=1S/C12H15BrN2O/c1-8-6-9(7-14-8)12(16)15-11-4-2-10(13)3-5-11/h2-5,8-9,14H,6-7H2,1H3,(H,15,16). The Morgan fingerprint density at radius 1 is 1.44 bits per heavy atom. The fraction of sp³-hybridized carbons (Fsp3) is 0.417. The fourth-order valence-corrected chi connectivity index (χ4v) is 2.18. The lowest BCUT2D eigenvalue weighted by Crippen LogP contribution is -2.24. The van der Waals surface area contributed by atoms with Gasteiger partial charge in [0, 0.05) is 22.7 Å². The zero-order valence-electron chi connectivity index (χ0n) is 9.16. The van der Waals surface area contributed by atoms with Gasteiger partial charge in [0.1, 0.15) is 0 Å². The van der Waals surface area contributed by atoms with Crippen molar-refractivity contribution in [1.29, 1.82) is 0 Å². The van der Waals surface area contributed by atoms with Crippen LogP contribution in [-0.4, -0.2) is 18.5 Å². The number of hydrogen-bond acceptors (Lipinski definition) is 2. The zero-order chi connectivity index (χ0) is 11.5. The summed E-state index contributed by atoms with van der Waals surface area (Å²) in [5, 5.41) is 6.21. The van der Waals surface area contributed by atoms with E-state index in [1.54, 1.807) is 0 Å². The Bertz CT molecular complexity index is 377. The molecule has 0 bridgehead atoms. The molecule has 1 aromatic rings. The third-order valence-electron chi connectivity index (χ3n) is 2.83. The summed E-state index contributed by atoms with van der Waals surface area (Å²) in [4.78, 5) is 11.9. The number of amides is 1. The van der Waals surface area contributed by atoms with E-state index in [0.29, 0.717) is 6.04 Å². The molecule has 1 aliphatic rings. The molecule has 0 radical (unpaired) electrons. The number of carbonyl (C=O) groups excluding carboxylic acids is 1. The molecule has 2 atom stereocenters. The molecule has 1 aliphatic heterocycles. The van der Waals surface area contributed by atoms with Gasteiger partial charge in [-0.25, -0.2) is 0 Å². The lowest BCUT2D eigenvalue weighted by Gasteiger charge is -2.09. The minimum absolute atomic E-state index is 0.0960. The molecule has 86 valence electrons. The van der Waals surface area contributed by atoms with E-state index < -0.39 is 0 Å². The molecule has 1 saturated heterocycles. The van der Waals surface area contributed by atoms with Crippen LogP contribution >= 0.6 is 15.9 Å². The molecule has 4 heteroatoms. The number of rotatable bonds is 2. The maximum atomic E-state index is 11.9. The fourth-order valence-electron chi connectivity index (χ4n) is 1.91. The first-order valence-corrected chi connectivity index (χ1v) is 6.24. The first-order chi connectivity index (χ1) is 7.65. The topological polar surface area (TPSA) is 41.1 Å². The van der Waals surface area contributed by atoms with Crippen molar-refractivity contribution in [2.24, 2.45) is 5.92 Å². The van der Waals surface area contributed by atoms with Gasteiger partial charge >= 0.3 is 0 Å². The second kappa shape index (κ2) is 4.97. The zero-order valence-corrected chi connectivity index (χ0v) is 10.8. The Hall–Kier alpha value is -0.870. The van der Waals surface area contributed by atoms with Crippen molar-refractivity contribution in [2.45, 2.75) is 19.4 Å². The second-order valence-electron chi connectivity index (χ2n) is 4.24. The SMILES string of the molecule is CC1CC(C(=O)Nc2ccc(Br)cc2)CN1. The third-order valence-corrected chi connectivity index (χ3v) is 3.36. The van der Waals surface area contributed by atoms with Crippen LogP contribution in [0.2, 0.25) is 0 Å². The van der Waals surface area contributed by atoms with E-state index in [4.69, 9.17) is 0 Å². The molecule has 1 heterocycles. The highest BCUT2D eigenvalue weighted by molar-refractivity contribution is 9.10. The van der Waals surface area contributed by atoms with Crippen molar-refractivity contribution in [3.63, 3.8) is 0 Å². The molecule has 0 spiro atoms. The highest BCUT2D eigenvalue weighted by Gasteiger charge is 2.26. The van der Waals surface area contributed by atoms with Gasteiger partial charge in [-0.2, -0.15) is 0 Å². The van der Waals surface area contributed by atoms with Gasteiger partial charge in [0.15, 0.2) is 0 Å². The molecular weight excluding hydrogens is 268 g/mol. The predicted octanol–water partition coefficient (Wildman–Crippen LogP) is 2.39. The van der Waals surface area contributed by atoms with E-state index in [2.05, 4.69) is 33.5 Å². The number of benzene rings is 1. The molecule has 0 aliphatic carbocycles. The van der Waals surface area contributed by atoms with E-state index in [1.165, 1.54) is 0 Å². The van der Waals surface area contributed by atoms with Crippen molar-refractivity contribution in [1.82, 2.24) is 5.32 Å². The molecule has 1 fully saturated rings. The summed E-state index contributed by atoms with van der Waals surface area (Å²) >= 11 is 3.36. The normalized spacial score (nSPS) is 24.4. The Balaban J connectivity index is 1.94. The molecule has 2 N–H and O–H groups in total. The van der Waals surface area contributed by atoms with Crippen molar-refractivity contribution >= 4 is 27.5 Å². The minimum atomic E-state index is 0.0960. The second-order valence-corrected chi connectivity index (χ2v) is 5.15. The third kappa shape index (κ3) is 2.83. The highest BCUT2D eigenvalue weighted by atomic mass is 79.9. The monoisotopic (exact) mass is 282 g/mol. The van der Waals surface area contributed by atoms with Gasteiger partial charge < -0.3 is 10.6 Å². The van der Waals surface area contributed by atoms with Gasteiger partial charge in [-0.05, 0) is 37.6 Å². The summed E-state index contributed by atoms with van der Waals surface area (Å²) in [6, 6.07) is 8.08. The minimum Gasteiger partial charge on any atom is -0.326 e. The summed E-state index contributed by atoms with van der Waals surface area (Å²) in [5.74, 6) is 0.206. The number of anilines is 1. The molecule has 2 rings (SSSR count). The van der Waals surface area contributed by atoms with Gasteiger partial charge in [0.2, 0.25) is 5.91 Å². The van der Waals surface area contributed by atoms with E-state index in [-0.39, 0.29) is 11.8 Å². The Kier molecular flexibility index (Phi) is 3.61. The highest BCUT2D eigenvalue weighted by Crippen LogP contribution is 2.18. The van der Waals surface area contributed by atoms with E-state index in [9.17, 15) is 4.79 Å². The maximum absolute atomic E-state index is 11.9. The molecule has 3 nitrogen and oxygen atoms in total. The van der Waals surface area contributed by atoms with E-state index >= 15 is 0 Å². The number of halogens is 1. The summed E-state index contributed by atoms with van der Waals surface area (Å²) in [5.41, 5.74) is 0.854. The number of nitrogens with one attached hydrogen (secondary N) is 2. The predicted molar refractivity (Wildman–Crippen MR) is 68.3 cm³/mol. The van der Waals surface area contributed by atoms with Crippen molar-refractivity contribution in [2.75, 3.05) is 11.9 Å². The molecule has 0 saturated carbocycles. The molecule has 2 unspecified atom stereocenters. The van der Waals surface area contributed by atoms with Gasteiger partial charge in [-0.3, -0.25) is 4.79 Å². The number of hydrogen-bond donors (Lipinski definition) is 2.